The average molecular weight is 293 g/mol. The molecule has 4 heteroatoms. The molecule has 112 valence electrons. The van der Waals surface area contributed by atoms with Crippen molar-refractivity contribution in [2.24, 2.45) is 5.84 Å². The zero-order valence-corrected chi connectivity index (χ0v) is 12.3. The van der Waals surface area contributed by atoms with E-state index in [9.17, 15) is 4.79 Å². The lowest BCUT2D eigenvalue weighted by Crippen LogP contribution is -2.34. The Bertz CT molecular complexity index is 691. The van der Waals surface area contributed by atoms with Gasteiger partial charge < -0.3 is 5.32 Å². The summed E-state index contributed by atoms with van der Waals surface area (Å²) < 4.78 is 0. The van der Waals surface area contributed by atoms with Gasteiger partial charge in [0.25, 0.3) is 0 Å². The fraction of sp³-hybridized carbons (Fsp3) is 0.167. The topological polar surface area (TPSA) is 67.1 Å². The van der Waals surface area contributed by atoms with Crippen LogP contribution in [0.1, 0.15) is 35.4 Å². The minimum Gasteiger partial charge on any atom is -0.306 e. The van der Waals surface area contributed by atoms with Crippen LogP contribution in [-0.4, -0.2) is 6.03 Å². The molecule has 0 aliphatic heterocycles. The van der Waals surface area contributed by atoms with Crippen molar-refractivity contribution in [2.75, 3.05) is 5.32 Å². The number of nitrogens with two attached hydrogens (primary N) is 1. The summed E-state index contributed by atoms with van der Waals surface area (Å²) >= 11 is 0. The first-order valence-electron chi connectivity index (χ1n) is 7.41. The van der Waals surface area contributed by atoms with Crippen LogP contribution in [0.4, 0.5) is 10.5 Å². The highest BCUT2D eigenvalue weighted by molar-refractivity contribution is 5.93. The van der Waals surface area contributed by atoms with E-state index in [-0.39, 0.29) is 0 Å². The molecule has 4 nitrogen and oxygen atoms in total. The van der Waals surface area contributed by atoms with Crippen molar-refractivity contribution < 1.29 is 4.79 Å². The van der Waals surface area contributed by atoms with Crippen LogP contribution < -0.4 is 16.6 Å². The zero-order chi connectivity index (χ0) is 15.4. The van der Waals surface area contributed by atoms with Crippen LogP contribution in [0.15, 0.2) is 48.5 Å². The molecule has 2 amide bonds. The van der Waals surface area contributed by atoms with Crippen molar-refractivity contribution in [1.82, 2.24) is 5.43 Å². The molecule has 1 fully saturated rings. The third kappa shape index (κ3) is 3.35. The van der Waals surface area contributed by atoms with Crippen LogP contribution in [0.25, 0.3) is 12.2 Å². The van der Waals surface area contributed by atoms with Crippen molar-refractivity contribution in [3.8, 4) is 0 Å². The van der Waals surface area contributed by atoms with Crippen molar-refractivity contribution in [1.29, 1.82) is 0 Å². The maximum atomic E-state index is 11.5. The van der Waals surface area contributed by atoms with E-state index < -0.39 is 6.03 Å². The first kappa shape index (κ1) is 14.4. The number of hydrogen-bond acceptors (Lipinski definition) is 2. The van der Waals surface area contributed by atoms with Gasteiger partial charge in [-0.2, -0.15) is 0 Å². The van der Waals surface area contributed by atoms with Gasteiger partial charge in [0.2, 0.25) is 0 Å². The van der Waals surface area contributed by atoms with Crippen LogP contribution in [0.2, 0.25) is 0 Å². The van der Waals surface area contributed by atoms with Gasteiger partial charge in [-0.3, -0.25) is 5.43 Å². The molecule has 2 aromatic carbocycles. The molecular weight excluding hydrogens is 274 g/mol. The lowest BCUT2D eigenvalue weighted by atomic mass is 10.00. The third-order valence-corrected chi connectivity index (χ3v) is 3.78. The number of nitrogens with one attached hydrogen (secondary N) is 2. The predicted octanol–water partition coefficient (Wildman–Crippen LogP) is 3.73. The van der Waals surface area contributed by atoms with Crippen molar-refractivity contribution in [2.45, 2.75) is 18.8 Å². The standard InChI is InChI=1S/C18H19N3O/c19-21-18(22)20-17-8-4-7-15(14-10-11-14)16(17)12-9-13-5-2-1-3-6-13/h1-9,12,14H,10-11,19H2,(H2,20,21,22)/b12-9+. The second-order valence-electron chi connectivity index (χ2n) is 5.43. The summed E-state index contributed by atoms with van der Waals surface area (Å²) in [7, 11) is 0. The number of carbonyl (C=O) groups excluding carboxylic acids is 1. The van der Waals surface area contributed by atoms with E-state index in [1.54, 1.807) is 0 Å². The Morgan fingerprint density at radius 3 is 2.50 bits per heavy atom. The van der Waals surface area contributed by atoms with E-state index in [1.807, 2.05) is 30.3 Å². The Kier molecular flexibility index (Phi) is 4.21. The minimum atomic E-state index is -0.415. The Labute approximate surface area is 130 Å². The van der Waals surface area contributed by atoms with Crippen LogP contribution >= 0.6 is 0 Å². The molecular formula is C18H19N3O. The van der Waals surface area contributed by atoms with Crippen LogP contribution in [0.3, 0.4) is 0 Å². The second-order valence-corrected chi connectivity index (χ2v) is 5.43. The molecule has 0 atom stereocenters. The minimum absolute atomic E-state index is 0.415. The molecule has 0 aromatic heterocycles. The fourth-order valence-corrected chi connectivity index (χ4v) is 2.53. The summed E-state index contributed by atoms with van der Waals surface area (Å²) in [6.07, 6.45) is 6.54. The number of hydrazine groups is 1. The van der Waals surface area contributed by atoms with Crippen molar-refractivity contribution in [3.05, 3.63) is 65.2 Å². The Balaban J connectivity index is 1.95. The molecule has 0 unspecified atom stereocenters. The number of carbonyl (C=O) groups is 1. The van der Waals surface area contributed by atoms with Gasteiger partial charge in [0.15, 0.2) is 0 Å². The Hall–Kier alpha value is -2.59. The largest absolute Gasteiger partial charge is 0.333 e. The summed E-state index contributed by atoms with van der Waals surface area (Å²) in [5.74, 6) is 5.76. The van der Waals surface area contributed by atoms with Crippen LogP contribution in [0.5, 0.6) is 0 Å². The maximum absolute atomic E-state index is 11.5. The molecule has 0 saturated heterocycles. The number of hydrogen-bond donors (Lipinski definition) is 3. The lowest BCUT2D eigenvalue weighted by Gasteiger charge is -2.12. The summed E-state index contributed by atoms with van der Waals surface area (Å²) in [6.45, 7) is 0. The summed E-state index contributed by atoms with van der Waals surface area (Å²) in [6, 6.07) is 15.7. The van der Waals surface area contributed by atoms with E-state index in [4.69, 9.17) is 5.84 Å². The van der Waals surface area contributed by atoms with E-state index in [1.165, 1.54) is 18.4 Å². The van der Waals surface area contributed by atoms with Gasteiger partial charge in [-0.1, -0.05) is 54.6 Å². The highest BCUT2D eigenvalue weighted by atomic mass is 16.2. The average Bonchev–Trinajstić information content (AvgIpc) is 3.39. The summed E-state index contributed by atoms with van der Waals surface area (Å²) in [5.41, 5.74) is 6.34. The number of amides is 2. The molecule has 1 saturated carbocycles. The maximum Gasteiger partial charge on any atom is 0.333 e. The predicted molar refractivity (Wildman–Crippen MR) is 90.1 cm³/mol. The van der Waals surface area contributed by atoms with Gasteiger partial charge in [-0.05, 0) is 36.0 Å². The first-order chi connectivity index (χ1) is 10.8. The van der Waals surface area contributed by atoms with Gasteiger partial charge in [0.05, 0.1) is 0 Å². The number of rotatable bonds is 4. The molecule has 4 N–H and O–H groups in total. The van der Waals surface area contributed by atoms with E-state index >= 15 is 0 Å². The molecule has 0 radical (unpaired) electrons. The Morgan fingerprint density at radius 2 is 1.82 bits per heavy atom. The van der Waals surface area contributed by atoms with E-state index in [0.717, 1.165) is 16.8 Å². The fourth-order valence-electron chi connectivity index (χ4n) is 2.53. The summed E-state index contributed by atoms with van der Waals surface area (Å²) in [5, 5.41) is 2.79. The van der Waals surface area contributed by atoms with Gasteiger partial charge in [0.1, 0.15) is 0 Å². The number of urea groups is 1. The molecule has 22 heavy (non-hydrogen) atoms. The van der Waals surface area contributed by atoms with Crippen molar-refractivity contribution >= 4 is 23.9 Å². The molecule has 0 spiro atoms. The lowest BCUT2D eigenvalue weighted by molar-refractivity contribution is 0.252. The van der Waals surface area contributed by atoms with Gasteiger partial charge >= 0.3 is 6.03 Å². The van der Waals surface area contributed by atoms with Crippen LogP contribution in [-0.2, 0) is 0 Å². The smallest absolute Gasteiger partial charge is 0.306 e. The molecule has 2 aromatic rings. The molecule has 0 bridgehead atoms. The molecule has 1 aliphatic carbocycles. The highest BCUT2D eigenvalue weighted by Crippen LogP contribution is 2.43. The third-order valence-electron chi connectivity index (χ3n) is 3.78. The molecule has 1 aliphatic rings. The van der Waals surface area contributed by atoms with E-state index in [0.29, 0.717) is 5.92 Å². The number of anilines is 1. The van der Waals surface area contributed by atoms with E-state index in [2.05, 4.69) is 41.1 Å². The first-order valence-corrected chi connectivity index (χ1v) is 7.41. The molecule has 0 heterocycles. The van der Waals surface area contributed by atoms with Gasteiger partial charge in [-0.15, -0.1) is 0 Å². The molecule has 3 rings (SSSR count). The summed E-state index contributed by atoms with van der Waals surface area (Å²) in [4.78, 5) is 11.5. The quantitative estimate of drug-likeness (QED) is 0.348. The number of benzene rings is 2. The second kappa shape index (κ2) is 6.45. The van der Waals surface area contributed by atoms with Crippen LogP contribution in [0, 0.1) is 0 Å². The highest BCUT2D eigenvalue weighted by Gasteiger charge is 2.26. The van der Waals surface area contributed by atoms with Crippen molar-refractivity contribution in [3.63, 3.8) is 0 Å². The Morgan fingerprint density at radius 1 is 1.05 bits per heavy atom. The monoisotopic (exact) mass is 293 g/mol. The normalized spacial score (nSPS) is 14.0. The zero-order valence-electron chi connectivity index (χ0n) is 12.3. The van der Waals surface area contributed by atoms with Gasteiger partial charge in [0, 0.05) is 11.3 Å². The SMILES string of the molecule is NNC(=O)Nc1cccc(C2CC2)c1/C=C/c1ccccc1. The van der Waals surface area contributed by atoms with Gasteiger partial charge in [-0.25, -0.2) is 10.6 Å².